The molecule has 0 amide bonds. The topological polar surface area (TPSA) is 72.8 Å². The van der Waals surface area contributed by atoms with Gasteiger partial charge in [-0.05, 0) is 66.2 Å². The lowest BCUT2D eigenvalue weighted by Crippen LogP contribution is -2.44. The highest BCUT2D eigenvalue weighted by Gasteiger charge is 2.59. The van der Waals surface area contributed by atoms with Crippen molar-refractivity contribution < 1.29 is 24.2 Å². The molecule has 2 bridgehead atoms. The number of hydrogen-bond acceptors (Lipinski definition) is 5. The van der Waals surface area contributed by atoms with Crippen LogP contribution in [-0.2, 0) is 19.1 Å². The minimum absolute atomic E-state index is 0.00682. The van der Waals surface area contributed by atoms with Gasteiger partial charge < -0.3 is 14.6 Å². The Kier molecular flexibility index (Phi) is 4.33. The number of carbonyl (C=O) groups is 2. The van der Waals surface area contributed by atoms with E-state index >= 15 is 0 Å². The summed E-state index contributed by atoms with van der Waals surface area (Å²) in [6.07, 6.45) is 0.726. The van der Waals surface area contributed by atoms with Gasteiger partial charge >= 0.3 is 11.9 Å². The molecular formula is C17H28O5. The molecule has 0 aromatic carbocycles. The summed E-state index contributed by atoms with van der Waals surface area (Å²) >= 11 is 0. The van der Waals surface area contributed by atoms with Gasteiger partial charge in [-0.15, -0.1) is 0 Å². The van der Waals surface area contributed by atoms with E-state index in [0.717, 1.165) is 0 Å². The number of rotatable bonds is 2. The molecule has 0 radical (unpaired) electrons. The number of carbonyl (C=O) groups excluding carboxylic acids is 2. The first kappa shape index (κ1) is 17.3. The Morgan fingerprint density at radius 2 is 1.32 bits per heavy atom. The molecule has 0 aromatic rings. The molecule has 0 saturated heterocycles. The number of aliphatic hydroxyl groups excluding tert-OH is 1. The Morgan fingerprint density at radius 1 is 0.864 bits per heavy atom. The lowest BCUT2D eigenvalue weighted by Gasteiger charge is -2.34. The fourth-order valence-corrected chi connectivity index (χ4v) is 3.73. The van der Waals surface area contributed by atoms with Gasteiger partial charge in [-0.25, -0.2) is 0 Å². The van der Waals surface area contributed by atoms with E-state index in [9.17, 15) is 14.7 Å². The van der Waals surface area contributed by atoms with E-state index < -0.39 is 35.1 Å². The highest BCUT2D eigenvalue weighted by Crippen LogP contribution is 2.53. The van der Waals surface area contributed by atoms with E-state index in [1.807, 2.05) is 20.8 Å². The monoisotopic (exact) mass is 312 g/mol. The van der Waals surface area contributed by atoms with E-state index in [-0.39, 0.29) is 17.8 Å². The summed E-state index contributed by atoms with van der Waals surface area (Å²) in [7, 11) is 0. The molecule has 2 aliphatic carbocycles. The molecule has 5 unspecified atom stereocenters. The molecule has 2 rings (SSSR count). The van der Waals surface area contributed by atoms with Gasteiger partial charge in [0.15, 0.2) is 0 Å². The third-order valence-corrected chi connectivity index (χ3v) is 4.33. The zero-order valence-corrected chi connectivity index (χ0v) is 14.4. The Bertz CT molecular complexity index is 457. The molecule has 2 saturated carbocycles. The fourth-order valence-electron chi connectivity index (χ4n) is 3.73. The fraction of sp³-hybridized carbons (Fsp3) is 0.882. The largest absolute Gasteiger partial charge is 0.460 e. The Balaban J connectivity index is 2.20. The highest BCUT2D eigenvalue weighted by molar-refractivity contribution is 5.84. The van der Waals surface area contributed by atoms with Crippen LogP contribution in [0, 0.1) is 23.7 Å². The van der Waals surface area contributed by atoms with Crippen molar-refractivity contribution in [1.29, 1.82) is 0 Å². The summed E-state index contributed by atoms with van der Waals surface area (Å²) in [4.78, 5) is 25.1. The quantitative estimate of drug-likeness (QED) is 0.792. The predicted octanol–water partition coefficient (Wildman–Crippen LogP) is 2.30. The summed E-state index contributed by atoms with van der Waals surface area (Å²) in [5.74, 6) is -2.02. The van der Waals surface area contributed by atoms with Crippen molar-refractivity contribution in [1.82, 2.24) is 0 Å². The van der Waals surface area contributed by atoms with E-state index in [4.69, 9.17) is 9.47 Å². The summed E-state index contributed by atoms with van der Waals surface area (Å²) in [5, 5.41) is 10.1. The first-order valence-corrected chi connectivity index (χ1v) is 8.03. The lowest BCUT2D eigenvalue weighted by atomic mass is 9.77. The van der Waals surface area contributed by atoms with Crippen LogP contribution in [0.1, 0.15) is 54.4 Å². The first-order valence-electron chi connectivity index (χ1n) is 8.03. The number of aliphatic hydroxyl groups is 1. The van der Waals surface area contributed by atoms with Crippen LogP contribution in [0.4, 0.5) is 0 Å². The van der Waals surface area contributed by atoms with E-state index in [1.54, 1.807) is 20.8 Å². The third-order valence-electron chi connectivity index (χ3n) is 4.33. The maximum Gasteiger partial charge on any atom is 0.310 e. The smallest absolute Gasteiger partial charge is 0.310 e. The Morgan fingerprint density at radius 3 is 1.77 bits per heavy atom. The van der Waals surface area contributed by atoms with Crippen LogP contribution in [0.5, 0.6) is 0 Å². The summed E-state index contributed by atoms with van der Waals surface area (Å²) in [6, 6.07) is 0. The molecule has 0 spiro atoms. The van der Waals surface area contributed by atoms with E-state index in [2.05, 4.69) is 0 Å². The van der Waals surface area contributed by atoms with Gasteiger partial charge in [0.1, 0.15) is 11.2 Å². The molecule has 22 heavy (non-hydrogen) atoms. The highest BCUT2D eigenvalue weighted by atomic mass is 16.6. The molecule has 0 aliphatic heterocycles. The molecule has 2 fully saturated rings. The molecular weight excluding hydrogens is 284 g/mol. The van der Waals surface area contributed by atoms with Crippen molar-refractivity contribution in [2.45, 2.75) is 71.7 Å². The average molecular weight is 312 g/mol. The molecule has 0 heterocycles. The second-order valence-electron chi connectivity index (χ2n) is 8.58. The lowest BCUT2D eigenvalue weighted by molar-refractivity contribution is -0.178. The average Bonchev–Trinajstić information content (AvgIpc) is 2.79. The second-order valence-corrected chi connectivity index (χ2v) is 8.58. The zero-order chi connectivity index (χ0) is 16.9. The summed E-state index contributed by atoms with van der Waals surface area (Å²) in [5.41, 5.74) is -1.20. The van der Waals surface area contributed by atoms with Crippen molar-refractivity contribution in [2.75, 3.05) is 0 Å². The maximum absolute atomic E-state index is 12.5. The Hall–Kier alpha value is -1.10. The van der Waals surface area contributed by atoms with Gasteiger partial charge in [-0.2, -0.15) is 0 Å². The van der Waals surface area contributed by atoms with Crippen LogP contribution in [0.2, 0.25) is 0 Å². The number of fused-ring (bicyclic) bond motifs is 2. The normalized spacial score (nSPS) is 34.6. The summed E-state index contributed by atoms with van der Waals surface area (Å²) < 4.78 is 11.0. The number of esters is 2. The zero-order valence-electron chi connectivity index (χ0n) is 14.4. The van der Waals surface area contributed by atoms with Crippen LogP contribution in [0.3, 0.4) is 0 Å². The number of hydrogen-bond donors (Lipinski definition) is 1. The van der Waals surface area contributed by atoms with E-state index in [1.165, 1.54) is 0 Å². The Labute approximate surface area is 132 Å². The molecule has 0 aromatic heterocycles. The third kappa shape index (κ3) is 3.62. The van der Waals surface area contributed by atoms with Gasteiger partial charge in [0.25, 0.3) is 0 Å². The van der Waals surface area contributed by atoms with Gasteiger partial charge in [-0.3, -0.25) is 9.59 Å². The number of ether oxygens (including phenoxy) is 2. The minimum atomic E-state index is -0.609. The summed E-state index contributed by atoms with van der Waals surface area (Å²) in [6.45, 7) is 10.9. The first-order chi connectivity index (χ1) is 9.89. The molecule has 5 atom stereocenters. The second kappa shape index (κ2) is 5.52. The van der Waals surface area contributed by atoms with Crippen LogP contribution in [0.15, 0.2) is 0 Å². The molecule has 126 valence electrons. The van der Waals surface area contributed by atoms with Crippen LogP contribution in [0.25, 0.3) is 0 Å². The van der Waals surface area contributed by atoms with Crippen LogP contribution >= 0.6 is 0 Å². The van der Waals surface area contributed by atoms with Crippen LogP contribution < -0.4 is 0 Å². The van der Waals surface area contributed by atoms with Crippen molar-refractivity contribution in [3.8, 4) is 0 Å². The van der Waals surface area contributed by atoms with Crippen LogP contribution in [-0.4, -0.2) is 34.4 Å². The maximum atomic E-state index is 12.5. The van der Waals surface area contributed by atoms with Gasteiger partial charge in [0.2, 0.25) is 0 Å². The molecule has 5 heteroatoms. The predicted molar refractivity (Wildman–Crippen MR) is 80.9 cm³/mol. The molecule has 2 aliphatic rings. The molecule has 5 nitrogen and oxygen atoms in total. The van der Waals surface area contributed by atoms with Crippen molar-refractivity contribution in [3.63, 3.8) is 0 Å². The van der Waals surface area contributed by atoms with E-state index in [0.29, 0.717) is 12.8 Å². The SMILES string of the molecule is CC(C)(C)OC(=O)C1C2CC(O)C(C2)C1C(=O)OC(C)(C)C. The van der Waals surface area contributed by atoms with Gasteiger partial charge in [0.05, 0.1) is 17.9 Å². The standard InChI is InChI=1S/C17H28O5/c1-16(2,3)21-14(19)12-9-7-10(11(18)8-9)13(12)15(20)22-17(4,5)6/h9-13,18H,7-8H2,1-6H3. The van der Waals surface area contributed by atoms with Crippen molar-refractivity contribution in [3.05, 3.63) is 0 Å². The molecule has 1 N–H and O–H groups in total. The van der Waals surface area contributed by atoms with Crippen molar-refractivity contribution >= 4 is 11.9 Å². The van der Waals surface area contributed by atoms with Gasteiger partial charge in [-0.1, -0.05) is 0 Å². The minimum Gasteiger partial charge on any atom is -0.460 e. The van der Waals surface area contributed by atoms with Crippen molar-refractivity contribution in [2.24, 2.45) is 23.7 Å². The van der Waals surface area contributed by atoms with Gasteiger partial charge in [0, 0.05) is 0 Å².